The van der Waals surface area contributed by atoms with Gasteiger partial charge in [0.2, 0.25) is 5.82 Å². The molecule has 0 aliphatic rings. The van der Waals surface area contributed by atoms with E-state index in [1.807, 2.05) is 0 Å². The molecule has 0 aliphatic heterocycles. The van der Waals surface area contributed by atoms with Crippen molar-refractivity contribution in [1.82, 2.24) is 4.98 Å². The number of hydrogen-bond acceptors (Lipinski definition) is 5. The topological polar surface area (TPSA) is 94.1 Å². The van der Waals surface area contributed by atoms with E-state index in [9.17, 15) is 14.5 Å². The van der Waals surface area contributed by atoms with E-state index in [0.717, 1.165) is 5.56 Å². The van der Waals surface area contributed by atoms with E-state index in [1.54, 1.807) is 12.1 Å². The molecule has 20 heavy (non-hydrogen) atoms. The summed E-state index contributed by atoms with van der Waals surface area (Å²) in [6, 6.07) is 7.25. The first-order chi connectivity index (χ1) is 9.47. The highest BCUT2D eigenvalue weighted by Crippen LogP contribution is 2.29. The molecule has 2 rings (SSSR count). The van der Waals surface area contributed by atoms with Gasteiger partial charge in [0.1, 0.15) is 11.6 Å². The third kappa shape index (κ3) is 3.21. The first kappa shape index (κ1) is 14.2. The standard InChI is InChI=1S/C12H10BrFN4O2/c13-9-5-10(18(19)20)11(15)17-12(9)16-6-7-1-3-8(14)4-2-7/h1-5H,6H2,(H3,15,16,17). The van der Waals surface area contributed by atoms with Crippen LogP contribution in [0.15, 0.2) is 34.8 Å². The van der Waals surface area contributed by atoms with Gasteiger partial charge in [-0.25, -0.2) is 9.37 Å². The monoisotopic (exact) mass is 340 g/mol. The Morgan fingerprint density at radius 3 is 2.65 bits per heavy atom. The van der Waals surface area contributed by atoms with Gasteiger partial charge in [-0.1, -0.05) is 12.1 Å². The summed E-state index contributed by atoms with van der Waals surface area (Å²) in [5, 5.41) is 13.7. The van der Waals surface area contributed by atoms with Crippen molar-refractivity contribution in [2.24, 2.45) is 0 Å². The number of halogens is 2. The van der Waals surface area contributed by atoms with Crippen LogP contribution in [0.25, 0.3) is 0 Å². The van der Waals surface area contributed by atoms with Crippen LogP contribution >= 0.6 is 15.9 Å². The number of pyridine rings is 1. The molecule has 104 valence electrons. The lowest BCUT2D eigenvalue weighted by molar-refractivity contribution is -0.384. The summed E-state index contributed by atoms with van der Waals surface area (Å²) < 4.78 is 13.2. The third-order valence-corrected chi connectivity index (χ3v) is 3.16. The summed E-state index contributed by atoms with van der Waals surface area (Å²) in [6.07, 6.45) is 0. The molecule has 0 fully saturated rings. The van der Waals surface area contributed by atoms with Crippen LogP contribution in [-0.2, 0) is 6.54 Å². The number of nitrogen functional groups attached to an aromatic ring is 1. The van der Waals surface area contributed by atoms with Crippen LogP contribution in [0.5, 0.6) is 0 Å². The Morgan fingerprint density at radius 1 is 1.40 bits per heavy atom. The van der Waals surface area contributed by atoms with E-state index in [1.165, 1.54) is 18.2 Å². The molecule has 0 saturated heterocycles. The van der Waals surface area contributed by atoms with Crippen molar-refractivity contribution in [3.05, 3.63) is 56.3 Å². The Morgan fingerprint density at radius 2 is 2.05 bits per heavy atom. The second kappa shape index (κ2) is 5.83. The molecular formula is C12H10BrFN4O2. The molecule has 0 unspecified atom stereocenters. The highest BCUT2D eigenvalue weighted by Gasteiger charge is 2.16. The van der Waals surface area contributed by atoms with Crippen molar-refractivity contribution in [3.8, 4) is 0 Å². The minimum atomic E-state index is -0.600. The van der Waals surface area contributed by atoms with Crippen LogP contribution in [0.2, 0.25) is 0 Å². The molecule has 3 N–H and O–H groups in total. The molecule has 0 bridgehead atoms. The van der Waals surface area contributed by atoms with Gasteiger partial charge in [-0.2, -0.15) is 0 Å². The van der Waals surface area contributed by atoms with Crippen LogP contribution in [-0.4, -0.2) is 9.91 Å². The second-order valence-corrected chi connectivity index (χ2v) is 4.81. The number of rotatable bonds is 4. The van der Waals surface area contributed by atoms with E-state index in [4.69, 9.17) is 5.73 Å². The zero-order valence-electron chi connectivity index (χ0n) is 10.1. The lowest BCUT2D eigenvalue weighted by atomic mass is 10.2. The lowest BCUT2D eigenvalue weighted by Gasteiger charge is -2.08. The summed E-state index contributed by atoms with van der Waals surface area (Å²) in [5.41, 5.74) is 6.10. The van der Waals surface area contributed by atoms with Gasteiger partial charge in [-0.05, 0) is 33.6 Å². The maximum Gasteiger partial charge on any atom is 0.312 e. The second-order valence-electron chi connectivity index (χ2n) is 3.96. The molecular weight excluding hydrogens is 331 g/mol. The van der Waals surface area contributed by atoms with Crippen molar-refractivity contribution in [2.45, 2.75) is 6.54 Å². The third-order valence-electron chi connectivity index (χ3n) is 2.55. The van der Waals surface area contributed by atoms with E-state index >= 15 is 0 Å². The molecule has 0 saturated carbocycles. The molecule has 2 aromatic rings. The smallest absolute Gasteiger partial charge is 0.312 e. The summed E-state index contributed by atoms with van der Waals surface area (Å²) >= 11 is 3.19. The minimum Gasteiger partial charge on any atom is -0.378 e. The molecule has 0 atom stereocenters. The minimum absolute atomic E-state index is 0.167. The maximum atomic E-state index is 12.8. The molecule has 0 spiro atoms. The largest absolute Gasteiger partial charge is 0.378 e. The van der Waals surface area contributed by atoms with Crippen molar-refractivity contribution in [3.63, 3.8) is 0 Å². The molecule has 0 amide bonds. The molecule has 8 heteroatoms. The van der Waals surface area contributed by atoms with Gasteiger partial charge >= 0.3 is 5.69 Å². The van der Waals surface area contributed by atoms with Crippen LogP contribution in [0.3, 0.4) is 0 Å². The zero-order valence-corrected chi connectivity index (χ0v) is 11.7. The fraction of sp³-hybridized carbons (Fsp3) is 0.0833. The highest BCUT2D eigenvalue weighted by molar-refractivity contribution is 9.10. The van der Waals surface area contributed by atoms with Crippen LogP contribution in [0, 0.1) is 15.9 Å². The Balaban J connectivity index is 2.16. The summed E-state index contributed by atoms with van der Waals surface area (Å²) in [5.74, 6) is -0.0927. The van der Waals surface area contributed by atoms with E-state index < -0.39 is 4.92 Å². The Hall–Kier alpha value is -2.22. The van der Waals surface area contributed by atoms with E-state index in [2.05, 4.69) is 26.2 Å². The molecule has 0 aliphatic carbocycles. The van der Waals surface area contributed by atoms with Crippen molar-refractivity contribution in [2.75, 3.05) is 11.1 Å². The van der Waals surface area contributed by atoms with E-state index in [-0.39, 0.29) is 17.3 Å². The summed E-state index contributed by atoms with van der Waals surface area (Å²) in [4.78, 5) is 14.0. The van der Waals surface area contributed by atoms with Crippen LogP contribution < -0.4 is 11.1 Å². The predicted octanol–water partition coefficient (Wildman–Crippen LogP) is 3.09. The van der Waals surface area contributed by atoms with Crippen molar-refractivity contribution < 1.29 is 9.31 Å². The number of nitro groups is 1. The molecule has 0 radical (unpaired) electrons. The number of nitrogens with one attached hydrogen (secondary N) is 1. The SMILES string of the molecule is Nc1nc(NCc2ccc(F)cc2)c(Br)cc1[N+](=O)[O-]. The number of hydrogen-bond donors (Lipinski definition) is 2. The number of benzene rings is 1. The fourth-order valence-electron chi connectivity index (χ4n) is 1.55. The van der Waals surface area contributed by atoms with Crippen LogP contribution in [0.4, 0.5) is 21.7 Å². The average molecular weight is 341 g/mol. The van der Waals surface area contributed by atoms with Crippen LogP contribution in [0.1, 0.15) is 5.56 Å². The lowest BCUT2D eigenvalue weighted by Crippen LogP contribution is -2.06. The van der Waals surface area contributed by atoms with Gasteiger partial charge in [-0.3, -0.25) is 10.1 Å². The van der Waals surface area contributed by atoms with Gasteiger partial charge in [0.15, 0.2) is 0 Å². The van der Waals surface area contributed by atoms with Gasteiger partial charge < -0.3 is 11.1 Å². The first-order valence-corrected chi connectivity index (χ1v) is 6.35. The van der Waals surface area contributed by atoms with Gasteiger partial charge in [-0.15, -0.1) is 0 Å². The molecule has 1 heterocycles. The molecule has 1 aromatic heterocycles. The number of nitrogens with zero attached hydrogens (tertiary/aromatic N) is 2. The quantitative estimate of drug-likeness (QED) is 0.658. The molecule has 1 aromatic carbocycles. The summed E-state index contributed by atoms with van der Waals surface area (Å²) in [7, 11) is 0. The highest BCUT2D eigenvalue weighted by atomic mass is 79.9. The number of nitrogens with two attached hydrogens (primary N) is 1. The van der Waals surface area contributed by atoms with Gasteiger partial charge in [0.05, 0.1) is 9.40 Å². The Labute approximate surface area is 122 Å². The van der Waals surface area contributed by atoms with E-state index in [0.29, 0.717) is 16.8 Å². The van der Waals surface area contributed by atoms with Crippen molar-refractivity contribution >= 4 is 33.3 Å². The predicted molar refractivity (Wildman–Crippen MR) is 76.7 cm³/mol. The molecule has 6 nitrogen and oxygen atoms in total. The average Bonchev–Trinajstić information content (AvgIpc) is 2.41. The van der Waals surface area contributed by atoms with Gasteiger partial charge in [0, 0.05) is 12.6 Å². The zero-order chi connectivity index (χ0) is 14.7. The van der Waals surface area contributed by atoms with Crippen molar-refractivity contribution in [1.29, 1.82) is 0 Å². The Bertz CT molecular complexity index is 649. The number of anilines is 2. The first-order valence-electron chi connectivity index (χ1n) is 5.56. The normalized spacial score (nSPS) is 10.3. The fourth-order valence-corrected chi connectivity index (χ4v) is 2.00. The summed E-state index contributed by atoms with van der Waals surface area (Å²) in [6.45, 7) is 0.392. The van der Waals surface area contributed by atoms with Gasteiger partial charge in [0.25, 0.3) is 0 Å². The maximum absolute atomic E-state index is 12.8. The number of aromatic nitrogens is 1. The Kier molecular flexibility index (Phi) is 4.14.